The molecule has 2 nitrogen and oxygen atoms in total. The molecule has 1 fully saturated rings. The average Bonchev–Trinajstić information content (AvgIpc) is 2.68. The number of hydrogen-bond donors (Lipinski definition) is 1. The summed E-state index contributed by atoms with van der Waals surface area (Å²) in [4.78, 5) is 0. The number of hydrogen-bond acceptors (Lipinski definition) is 2. The molecule has 0 amide bonds. The van der Waals surface area contributed by atoms with Crippen LogP contribution in [0.3, 0.4) is 0 Å². The minimum absolute atomic E-state index is 0.568. The van der Waals surface area contributed by atoms with Crippen molar-refractivity contribution in [3.8, 4) is 0 Å². The molecule has 1 saturated heterocycles. The summed E-state index contributed by atoms with van der Waals surface area (Å²) in [5.41, 5.74) is 3.08. The number of rotatable bonds is 2. The van der Waals surface area contributed by atoms with E-state index in [1.807, 2.05) is 0 Å². The molecule has 1 aromatic carbocycles. The van der Waals surface area contributed by atoms with Gasteiger partial charge >= 0.3 is 0 Å². The van der Waals surface area contributed by atoms with Crippen molar-refractivity contribution in [3.05, 3.63) is 35.4 Å². The Kier molecular flexibility index (Phi) is 3.96. The summed E-state index contributed by atoms with van der Waals surface area (Å²) < 4.78 is 5.54. The maximum atomic E-state index is 5.54. The average molecular weight is 245 g/mol. The van der Waals surface area contributed by atoms with Gasteiger partial charge in [-0.05, 0) is 49.7 Å². The lowest BCUT2D eigenvalue weighted by atomic mass is 9.87. The van der Waals surface area contributed by atoms with E-state index in [-0.39, 0.29) is 0 Å². The molecule has 18 heavy (non-hydrogen) atoms. The second-order valence-corrected chi connectivity index (χ2v) is 5.55. The third-order valence-electron chi connectivity index (χ3n) is 4.26. The van der Waals surface area contributed by atoms with Gasteiger partial charge in [0, 0.05) is 25.3 Å². The standard InChI is InChI=1S/C16H23NO/c1-2-8-15-13(5-1)6-3-9-16(15)17-14-7-4-11-18-12-10-14/h1-2,5,8,14,16-17H,3-4,6-7,9-12H2. The summed E-state index contributed by atoms with van der Waals surface area (Å²) in [6.45, 7) is 1.87. The fourth-order valence-corrected chi connectivity index (χ4v) is 3.28. The Balaban J connectivity index is 1.69. The highest BCUT2D eigenvalue weighted by molar-refractivity contribution is 5.32. The largest absolute Gasteiger partial charge is 0.381 e. The number of aryl methyl sites for hydroxylation is 1. The molecular weight excluding hydrogens is 222 g/mol. The van der Waals surface area contributed by atoms with E-state index in [4.69, 9.17) is 4.74 Å². The molecule has 2 aliphatic rings. The molecule has 2 atom stereocenters. The lowest BCUT2D eigenvalue weighted by molar-refractivity contribution is 0.142. The molecule has 3 rings (SSSR count). The molecule has 2 heteroatoms. The predicted molar refractivity (Wildman–Crippen MR) is 73.7 cm³/mol. The molecule has 98 valence electrons. The smallest absolute Gasteiger partial charge is 0.0480 e. The van der Waals surface area contributed by atoms with Crippen LogP contribution in [0.25, 0.3) is 0 Å². The van der Waals surface area contributed by atoms with Crippen LogP contribution in [0, 0.1) is 0 Å². The Morgan fingerprint density at radius 1 is 1.00 bits per heavy atom. The lowest BCUT2D eigenvalue weighted by Gasteiger charge is -2.30. The summed E-state index contributed by atoms with van der Waals surface area (Å²) in [5, 5.41) is 3.87. The quantitative estimate of drug-likeness (QED) is 0.863. The van der Waals surface area contributed by atoms with Gasteiger partial charge in [-0.3, -0.25) is 0 Å². The van der Waals surface area contributed by atoms with Gasteiger partial charge in [0.25, 0.3) is 0 Å². The molecule has 0 saturated carbocycles. The van der Waals surface area contributed by atoms with E-state index in [0.717, 1.165) is 13.2 Å². The van der Waals surface area contributed by atoms with Gasteiger partial charge < -0.3 is 10.1 Å². The van der Waals surface area contributed by atoms with Crippen molar-refractivity contribution in [1.29, 1.82) is 0 Å². The van der Waals surface area contributed by atoms with Gasteiger partial charge in [0.15, 0.2) is 0 Å². The van der Waals surface area contributed by atoms with Crippen LogP contribution in [0.15, 0.2) is 24.3 Å². The monoisotopic (exact) mass is 245 g/mol. The van der Waals surface area contributed by atoms with E-state index in [1.54, 1.807) is 5.56 Å². The molecule has 1 N–H and O–H groups in total. The minimum Gasteiger partial charge on any atom is -0.381 e. The fraction of sp³-hybridized carbons (Fsp3) is 0.625. The van der Waals surface area contributed by atoms with E-state index in [9.17, 15) is 0 Å². The molecule has 1 heterocycles. The highest BCUT2D eigenvalue weighted by Gasteiger charge is 2.22. The van der Waals surface area contributed by atoms with Crippen molar-refractivity contribution >= 4 is 0 Å². The van der Waals surface area contributed by atoms with Crippen molar-refractivity contribution in [2.45, 2.75) is 50.6 Å². The second kappa shape index (κ2) is 5.85. The van der Waals surface area contributed by atoms with Gasteiger partial charge in [-0.1, -0.05) is 24.3 Å². The van der Waals surface area contributed by atoms with Crippen LogP contribution in [0.2, 0.25) is 0 Å². The highest BCUT2D eigenvalue weighted by Crippen LogP contribution is 2.30. The van der Waals surface area contributed by atoms with Gasteiger partial charge in [0.1, 0.15) is 0 Å². The van der Waals surface area contributed by atoms with E-state index < -0.39 is 0 Å². The van der Waals surface area contributed by atoms with Crippen molar-refractivity contribution in [2.24, 2.45) is 0 Å². The summed E-state index contributed by atoms with van der Waals surface area (Å²) in [6, 6.07) is 10.1. The molecule has 1 aliphatic heterocycles. The maximum Gasteiger partial charge on any atom is 0.0480 e. The Labute approximate surface area is 110 Å². The Hall–Kier alpha value is -0.860. The van der Waals surface area contributed by atoms with Crippen LogP contribution in [-0.4, -0.2) is 19.3 Å². The molecule has 0 spiro atoms. The second-order valence-electron chi connectivity index (χ2n) is 5.55. The first kappa shape index (κ1) is 12.2. The first-order chi connectivity index (χ1) is 8.93. The van der Waals surface area contributed by atoms with Crippen LogP contribution in [-0.2, 0) is 11.2 Å². The van der Waals surface area contributed by atoms with Crippen molar-refractivity contribution in [2.75, 3.05) is 13.2 Å². The topological polar surface area (TPSA) is 21.3 Å². The summed E-state index contributed by atoms with van der Waals surface area (Å²) in [7, 11) is 0. The van der Waals surface area contributed by atoms with Crippen molar-refractivity contribution in [1.82, 2.24) is 5.32 Å². The number of nitrogens with one attached hydrogen (secondary N) is 1. The molecule has 0 radical (unpaired) electrons. The third kappa shape index (κ3) is 2.76. The lowest BCUT2D eigenvalue weighted by Crippen LogP contribution is -2.34. The molecule has 1 aliphatic carbocycles. The zero-order chi connectivity index (χ0) is 12.2. The molecule has 2 unspecified atom stereocenters. The van der Waals surface area contributed by atoms with Gasteiger partial charge in [0.2, 0.25) is 0 Å². The van der Waals surface area contributed by atoms with Gasteiger partial charge in [-0.25, -0.2) is 0 Å². The molecule has 1 aromatic rings. The van der Waals surface area contributed by atoms with Gasteiger partial charge in [-0.15, -0.1) is 0 Å². The first-order valence-corrected chi connectivity index (χ1v) is 7.35. The third-order valence-corrected chi connectivity index (χ3v) is 4.26. The van der Waals surface area contributed by atoms with E-state index in [0.29, 0.717) is 12.1 Å². The van der Waals surface area contributed by atoms with Gasteiger partial charge in [-0.2, -0.15) is 0 Å². The van der Waals surface area contributed by atoms with Crippen LogP contribution < -0.4 is 5.32 Å². The first-order valence-electron chi connectivity index (χ1n) is 7.35. The van der Waals surface area contributed by atoms with Crippen LogP contribution in [0.4, 0.5) is 0 Å². The van der Waals surface area contributed by atoms with Gasteiger partial charge in [0.05, 0.1) is 0 Å². The zero-order valence-electron chi connectivity index (χ0n) is 11.0. The van der Waals surface area contributed by atoms with Crippen molar-refractivity contribution in [3.63, 3.8) is 0 Å². The number of benzene rings is 1. The van der Waals surface area contributed by atoms with E-state index in [1.165, 1.54) is 44.1 Å². The van der Waals surface area contributed by atoms with Crippen LogP contribution in [0.1, 0.15) is 49.3 Å². The highest BCUT2D eigenvalue weighted by atomic mass is 16.5. The van der Waals surface area contributed by atoms with Crippen molar-refractivity contribution < 1.29 is 4.74 Å². The number of fused-ring (bicyclic) bond motifs is 1. The summed E-state index contributed by atoms with van der Waals surface area (Å²) >= 11 is 0. The van der Waals surface area contributed by atoms with Crippen LogP contribution >= 0.6 is 0 Å². The maximum absolute atomic E-state index is 5.54. The minimum atomic E-state index is 0.568. The summed E-state index contributed by atoms with van der Waals surface area (Å²) in [6.07, 6.45) is 7.48. The predicted octanol–water partition coefficient (Wildman–Crippen LogP) is 3.22. The van der Waals surface area contributed by atoms with Crippen LogP contribution in [0.5, 0.6) is 0 Å². The van der Waals surface area contributed by atoms with E-state index in [2.05, 4.69) is 29.6 Å². The molecular formula is C16H23NO. The molecule has 0 aromatic heterocycles. The SMILES string of the molecule is c1ccc2c(c1)CCCC2NC1CCCOCC1. The fourth-order valence-electron chi connectivity index (χ4n) is 3.28. The number of ether oxygens (including phenoxy) is 1. The summed E-state index contributed by atoms with van der Waals surface area (Å²) in [5.74, 6) is 0. The Morgan fingerprint density at radius 3 is 2.94 bits per heavy atom. The Morgan fingerprint density at radius 2 is 1.94 bits per heavy atom. The molecule has 0 bridgehead atoms. The normalized spacial score (nSPS) is 28.4. The zero-order valence-corrected chi connectivity index (χ0v) is 11.0. The van der Waals surface area contributed by atoms with E-state index >= 15 is 0 Å². The Bertz CT molecular complexity index is 382.